The summed E-state index contributed by atoms with van der Waals surface area (Å²) in [4.78, 5) is 18.1. The van der Waals surface area contributed by atoms with Crippen molar-refractivity contribution in [2.24, 2.45) is 0 Å². The molecule has 1 atom stereocenters. The van der Waals surface area contributed by atoms with Crippen molar-refractivity contribution in [2.45, 2.75) is 62.1 Å². The van der Waals surface area contributed by atoms with Gasteiger partial charge in [-0.2, -0.15) is 4.98 Å². The van der Waals surface area contributed by atoms with Crippen LogP contribution in [0.15, 0.2) is 71.0 Å². The number of allylic oxidation sites excluding steroid dienone is 1. The fraction of sp³-hybridized carbons (Fsp3) is 0.346. The van der Waals surface area contributed by atoms with Gasteiger partial charge in [0.1, 0.15) is 18.0 Å². The molecule has 0 radical (unpaired) electrons. The topological polar surface area (TPSA) is 69.0 Å². The standard InChI is InChI=1S/C26H27FN4O2S/c1-17-22(24(32)33-21-10-6-3-7-11-21)23(19-12-14-20(27)15-13-19)31-25(28-17)29-26(30-31)34-16-18-8-4-2-5-9-18/h2,4-5,8-9,12-15,21,23H,3,6-7,10-11,16H2,1H3,(H,28,29,30). The average Bonchev–Trinajstić information content (AvgIpc) is 3.26. The summed E-state index contributed by atoms with van der Waals surface area (Å²) in [6, 6.07) is 15.8. The number of ether oxygens (including phenoxy) is 1. The molecule has 6 nitrogen and oxygen atoms in total. The highest BCUT2D eigenvalue weighted by atomic mass is 32.2. The van der Waals surface area contributed by atoms with Crippen LogP contribution in [-0.4, -0.2) is 26.8 Å². The number of thioether (sulfide) groups is 1. The van der Waals surface area contributed by atoms with Crippen molar-refractivity contribution >= 4 is 23.7 Å². The highest BCUT2D eigenvalue weighted by Crippen LogP contribution is 2.37. The second-order valence-electron chi connectivity index (χ2n) is 8.72. The van der Waals surface area contributed by atoms with Crippen LogP contribution >= 0.6 is 11.8 Å². The van der Waals surface area contributed by atoms with Gasteiger partial charge in [-0.25, -0.2) is 13.9 Å². The Morgan fingerprint density at radius 1 is 1.12 bits per heavy atom. The normalized spacial score (nSPS) is 18.4. The lowest BCUT2D eigenvalue weighted by molar-refractivity contribution is -0.146. The second kappa shape index (κ2) is 10.0. The number of nitrogens with zero attached hydrogens (tertiary/aromatic N) is 3. The molecular weight excluding hydrogens is 451 g/mol. The number of fused-ring (bicyclic) bond motifs is 1. The Morgan fingerprint density at radius 2 is 1.85 bits per heavy atom. The Balaban J connectivity index is 1.45. The fourth-order valence-corrected chi connectivity index (χ4v) is 5.32. The Bertz CT molecular complexity index is 1190. The lowest BCUT2D eigenvalue weighted by Gasteiger charge is -2.30. The second-order valence-corrected chi connectivity index (χ2v) is 9.66. The molecule has 1 aromatic heterocycles. The zero-order chi connectivity index (χ0) is 23.5. The van der Waals surface area contributed by atoms with Gasteiger partial charge < -0.3 is 10.1 Å². The van der Waals surface area contributed by atoms with Crippen molar-refractivity contribution in [3.05, 3.63) is 82.8 Å². The molecule has 0 spiro atoms. The van der Waals surface area contributed by atoms with Gasteiger partial charge in [-0.3, -0.25) is 0 Å². The quantitative estimate of drug-likeness (QED) is 0.353. The van der Waals surface area contributed by atoms with Gasteiger partial charge in [-0.15, -0.1) is 5.10 Å². The molecule has 0 saturated heterocycles. The lowest BCUT2D eigenvalue weighted by atomic mass is 9.95. The largest absolute Gasteiger partial charge is 0.459 e. The monoisotopic (exact) mass is 478 g/mol. The zero-order valence-corrected chi connectivity index (χ0v) is 19.9. The van der Waals surface area contributed by atoms with Crippen molar-refractivity contribution in [3.8, 4) is 0 Å². The molecule has 5 rings (SSSR count). The van der Waals surface area contributed by atoms with Gasteiger partial charge in [0.25, 0.3) is 0 Å². The summed E-state index contributed by atoms with van der Waals surface area (Å²) in [5.41, 5.74) is 3.09. The van der Waals surface area contributed by atoms with Crippen LogP contribution in [0.25, 0.3) is 0 Å². The highest BCUT2D eigenvalue weighted by molar-refractivity contribution is 7.98. The Labute approximate surface area is 202 Å². The molecule has 2 heterocycles. The van der Waals surface area contributed by atoms with Gasteiger partial charge in [0, 0.05) is 11.4 Å². The van der Waals surface area contributed by atoms with Gasteiger partial charge in [-0.1, -0.05) is 60.6 Å². The van der Waals surface area contributed by atoms with E-state index >= 15 is 0 Å². The van der Waals surface area contributed by atoms with Crippen LogP contribution in [-0.2, 0) is 15.3 Å². The minimum atomic E-state index is -0.550. The molecule has 1 aliphatic carbocycles. The summed E-state index contributed by atoms with van der Waals surface area (Å²) < 4.78 is 21.3. The molecule has 2 aromatic carbocycles. The van der Waals surface area contributed by atoms with E-state index in [1.807, 2.05) is 25.1 Å². The van der Waals surface area contributed by atoms with E-state index in [2.05, 4.69) is 22.4 Å². The zero-order valence-electron chi connectivity index (χ0n) is 19.0. The number of anilines is 1. The smallest absolute Gasteiger partial charge is 0.338 e. The first kappa shape index (κ1) is 22.7. The number of halogens is 1. The van der Waals surface area contributed by atoms with E-state index in [1.165, 1.54) is 35.9 Å². The minimum absolute atomic E-state index is 0.0652. The van der Waals surface area contributed by atoms with Gasteiger partial charge in [-0.05, 0) is 55.9 Å². The van der Waals surface area contributed by atoms with E-state index in [1.54, 1.807) is 16.8 Å². The third-order valence-corrected chi connectivity index (χ3v) is 7.18. The maximum atomic E-state index is 13.7. The van der Waals surface area contributed by atoms with Crippen LogP contribution in [0, 0.1) is 5.82 Å². The maximum absolute atomic E-state index is 13.7. The van der Waals surface area contributed by atoms with Gasteiger partial charge >= 0.3 is 5.97 Å². The molecule has 34 heavy (non-hydrogen) atoms. The molecule has 1 fully saturated rings. The predicted molar refractivity (Wildman–Crippen MR) is 130 cm³/mol. The van der Waals surface area contributed by atoms with E-state index in [0.717, 1.165) is 37.0 Å². The number of carbonyl (C=O) groups is 1. The molecular formula is C26H27FN4O2S. The first-order chi connectivity index (χ1) is 16.6. The first-order valence-electron chi connectivity index (χ1n) is 11.7. The SMILES string of the molecule is CC1=C(C(=O)OC2CCCCC2)C(c2ccc(F)cc2)n2nc(SCc3ccccc3)nc2N1. The molecule has 3 aromatic rings. The molecule has 0 bridgehead atoms. The van der Waals surface area contributed by atoms with Crippen molar-refractivity contribution < 1.29 is 13.9 Å². The number of aromatic nitrogens is 3. The fourth-order valence-electron chi connectivity index (χ4n) is 4.53. The summed E-state index contributed by atoms with van der Waals surface area (Å²) in [6.45, 7) is 1.85. The molecule has 0 amide bonds. The Hall–Kier alpha value is -3.13. The first-order valence-corrected chi connectivity index (χ1v) is 12.6. The van der Waals surface area contributed by atoms with E-state index in [0.29, 0.717) is 22.4 Å². The van der Waals surface area contributed by atoms with E-state index < -0.39 is 6.04 Å². The van der Waals surface area contributed by atoms with E-state index in [9.17, 15) is 9.18 Å². The predicted octanol–water partition coefficient (Wildman–Crippen LogP) is 5.87. The molecule has 2 aliphatic rings. The number of benzene rings is 2. The van der Waals surface area contributed by atoms with Crippen LogP contribution < -0.4 is 5.32 Å². The summed E-state index contributed by atoms with van der Waals surface area (Å²) >= 11 is 1.53. The third-order valence-electron chi connectivity index (χ3n) is 6.28. The van der Waals surface area contributed by atoms with Crippen LogP contribution in [0.1, 0.15) is 56.2 Å². The van der Waals surface area contributed by atoms with Crippen LogP contribution in [0.4, 0.5) is 10.3 Å². The van der Waals surface area contributed by atoms with Crippen LogP contribution in [0.2, 0.25) is 0 Å². The molecule has 1 unspecified atom stereocenters. The van der Waals surface area contributed by atoms with Gasteiger partial charge in [0.05, 0.1) is 5.57 Å². The Kier molecular flexibility index (Phi) is 6.67. The number of hydrogen-bond acceptors (Lipinski definition) is 6. The molecule has 1 aliphatic heterocycles. The molecule has 8 heteroatoms. The minimum Gasteiger partial charge on any atom is -0.459 e. The average molecular weight is 479 g/mol. The molecule has 1 N–H and O–H groups in total. The summed E-state index contributed by atoms with van der Waals surface area (Å²) in [5, 5.41) is 8.57. The number of hydrogen-bond donors (Lipinski definition) is 1. The van der Waals surface area contributed by atoms with E-state index in [4.69, 9.17) is 9.84 Å². The van der Waals surface area contributed by atoms with Crippen molar-refractivity contribution in [1.29, 1.82) is 0 Å². The number of carbonyl (C=O) groups excluding carboxylic acids is 1. The summed E-state index contributed by atoms with van der Waals surface area (Å²) in [6.07, 6.45) is 5.05. The third kappa shape index (κ3) is 4.87. The number of esters is 1. The maximum Gasteiger partial charge on any atom is 0.338 e. The number of nitrogens with one attached hydrogen (secondary N) is 1. The Morgan fingerprint density at radius 3 is 2.59 bits per heavy atom. The van der Waals surface area contributed by atoms with Gasteiger partial charge in [0.2, 0.25) is 11.1 Å². The highest BCUT2D eigenvalue weighted by Gasteiger charge is 2.36. The lowest BCUT2D eigenvalue weighted by Crippen LogP contribution is -2.32. The van der Waals surface area contributed by atoms with Gasteiger partial charge in [0.15, 0.2) is 0 Å². The van der Waals surface area contributed by atoms with Crippen LogP contribution in [0.5, 0.6) is 0 Å². The summed E-state index contributed by atoms with van der Waals surface area (Å²) in [7, 11) is 0. The molecule has 176 valence electrons. The van der Waals surface area contributed by atoms with Crippen molar-refractivity contribution in [2.75, 3.05) is 5.32 Å². The summed E-state index contributed by atoms with van der Waals surface area (Å²) in [5.74, 6) is 0.596. The number of rotatable bonds is 6. The van der Waals surface area contributed by atoms with Crippen molar-refractivity contribution in [1.82, 2.24) is 14.8 Å². The van der Waals surface area contributed by atoms with Crippen LogP contribution in [0.3, 0.4) is 0 Å². The molecule has 1 saturated carbocycles. The van der Waals surface area contributed by atoms with E-state index in [-0.39, 0.29) is 17.9 Å². The van der Waals surface area contributed by atoms with Crippen molar-refractivity contribution in [3.63, 3.8) is 0 Å².